The summed E-state index contributed by atoms with van der Waals surface area (Å²) in [7, 11) is 1.51. The van der Waals surface area contributed by atoms with Crippen LogP contribution in [0.15, 0.2) is 24.3 Å². The Balaban J connectivity index is 2.06. The minimum atomic E-state index is -0.931. The predicted octanol–water partition coefficient (Wildman–Crippen LogP) is 1.53. The molecule has 112 valence electrons. The molecule has 6 nitrogen and oxygen atoms in total. The van der Waals surface area contributed by atoms with E-state index in [-0.39, 0.29) is 6.79 Å². The zero-order valence-electron chi connectivity index (χ0n) is 11.5. The number of rotatable bonds is 3. The van der Waals surface area contributed by atoms with Gasteiger partial charge in [0.1, 0.15) is 0 Å². The standard InChI is InChI=1S/C15H16O6/c1-19-11-5-8(6-12-14(11)21-7-20-12)13-9(15(17)18)3-2-4-10(13)16/h2,4-6,9-10,13,16H,3,7H2,1H3,(H,17,18)/t9-,10-,13+/m0/s1. The monoisotopic (exact) mass is 292 g/mol. The van der Waals surface area contributed by atoms with E-state index in [2.05, 4.69) is 0 Å². The van der Waals surface area contributed by atoms with Gasteiger partial charge < -0.3 is 24.4 Å². The normalized spacial score (nSPS) is 26.7. The highest BCUT2D eigenvalue weighted by molar-refractivity contribution is 5.72. The highest BCUT2D eigenvalue weighted by Gasteiger charge is 2.37. The number of aliphatic carboxylic acids is 1. The fourth-order valence-electron chi connectivity index (χ4n) is 2.90. The molecule has 0 amide bonds. The van der Waals surface area contributed by atoms with E-state index >= 15 is 0 Å². The molecule has 2 aliphatic rings. The number of methoxy groups -OCH3 is 1. The molecule has 1 aromatic carbocycles. The van der Waals surface area contributed by atoms with Crippen LogP contribution in [-0.2, 0) is 4.79 Å². The molecule has 0 radical (unpaired) electrons. The first-order valence-electron chi connectivity index (χ1n) is 6.67. The minimum Gasteiger partial charge on any atom is -0.493 e. The number of hydrogen-bond donors (Lipinski definition) is 2. The van der Waals surface area contributed by atoms with Crippen LogP contribution in [0.25, 0.3) is 0 Å². The molecule has 0 saturated heterocycles. The van der Waals surface area contributed by atoms with Crippen molar-refractivity contribution in [2.75, 3.05) is 13.9 Å². The number of carboxylic acids is 1. The smallest absolute Gasteiger partial charge is 0.307 e. The van der Waals surface area contributed by atoms with Gasteiger partial charge >= 0.3 is 5.97 Å². The van der Waals surface area contributed by atoms with Crippen molar-refractivity contribution < 1.29 is 29.2 Å². The topological polar surface area (TPSA) is 85.2 Å². The van der Waals surface area contributed by atoms with E-state index in [1.54, 1.807) is 24.3 Å². The van der Waals surface area contributed by atoms with Gasteiger partial charge in [-0.1, -0.05) is 12.2 Å². The molecule has 0 aromatic heterocycles. The third-order valence-corrected chi connectivity index (χ3v) is 3.91. The second kappa shape index (κ2) is 5.29. The van der Waals surface area contributed by atoms with E-state index in [9.17, 15) is 15.0 Å². The Morgan fingerprint density at radius 3 is 2.90 bits per heavy atom. The number of benzene rings is 1. The van der Waals surface area contributed by atoms with Gasteiger partial charge in [0.05, 0.1) is 19.1 Å². The van der Waals surface area contributed by atoms with Gasteiger partial charge in [0.25, 0.3) is 0 Å². The summed E-state index contributed by atoms with van der Waals surface area (Å²) in [5, 5.41) is 19.6. The van der Waals surface area contributed by atoms with Crippen LogP contribution in [0.4, 0.5) is 0 Å². The number of aliphatic hydroxyl groups excluding tert-OH is 1. The predicted molar refractivity (Wildman–Crippen MR) is 72.7 cm³/mol. The average Bonchev–Trinajstić information content (AvgIpc) is 2.94. The maximum absolute atomic E-state index is 11.4. The van der Waals surface area contributed by atoms with Gasteiger partial charge in [-0.25, -0.2) is 0 Å². The molecular formula is C15H16O6. The van der Waals surface area contributed by atoms with Crippen molar-refractivity contribution in [1.29, 1.82) is 0 Å². The summed E-state index contributed by atoms with van der Waals surface area (Å²) in [5.74, 6) is -0.666. The molecule has 0 saturated carbocycles. The van der Waals surface area contributed by atoms with Crippen molar-refractivity contribution in [2.45, 2.75) is 18.4 Å². The lowest BCUT2D eigenvalue weighted by Gasteiger charge is -2.30. The number of ether oxygens (including phenoxy) is 3. The van der Waals surface area contributed by atoms with E-state index in [1.165, 1.54) is 7.11 Å². The molecular weight excluding hydrogens is 276 g/mol. The third-order valence-electron chi connectivity index (χ3n) is 3.91. The van der Waals surface area contributed by atoms with E-state index < -0.39 is 23.9 Å². The van der Waals surface area contributed by atoms with E-state index in [4.69, 9.17) is 14.2 Å². The second-order valence-electron chi connectivity index (χ2n) is 5.08. The number of aliphatic hydroxyl groups is 1. The van der Waals surface area contributed by atoms with Crippen LogP contribution in [0, 0.1) is 5.92 Å². The van der Waals surface area contributed by atoms with Crippen molar-refractivity contribution >= 4 is 5.97 Å². The van der Waals surface area contributed by atoms with Crippen LogP contribution in [0.1, 0.15) is 17.9 Å². The maximum atomic E-state index is 11.4. The first-order chi connectivity index (χ1) is 10.1. The molecule has 0 unspecified atom stereocenters. The molecule has 21 heavy (non-hydrogen) atoms. The van der Waals surface area contributed by atoms with Gasteiger partial charge in [-0.15, -0.1) is 0 Å². The van der Waals surface area contributed by atoms with Gasteiger partial charge in [-0.3, -0.25) is 4.79 Å². The molecule has 1 aliphatic heterocycles. The SMILES string of the molecule is COc1cc([C@@H]2[C@@H](C(=O)O)CC=C[C@@H]2O)cc2c1OCO2. The second-order valence-corrected chi connectivity index (χ2v) is 5.08. The number of allylic oxidation sites excluding steroid dienone is 1. The minimum absolute atomic E-state index is 0.102. The van der Waals surface area contributed by atoms with Gasteiger partial charge in [-0.2, -0.15) is 0 Å². The summed E-state index contributed by atoms with van der Waals surface area (Å²) in [4.78, 5) is 11.4. The number of carboxylic acid groups (broad SMARTS) is 1. The molecule has 3 rings (SSSR count). The molecule has 1 aliphatic carbocycles. The van der Waals surface area contributed by atoms with Crippen LogP contribution in [0.3, 0.4) is 0 Å². The summed E-state index contributed by atoms with van der Waals surface area (Å²) >= 11 is 0. The van der Waals surface area contributed by atoms with E-state index in [1.807, 2.05) is 0 Å². The molecule has 1 heterocycles. The summed E-state index contributed by atoms with van der Waals surface area (Å²) in [6.07, 6.45) is 2.85. The van der Waals surface area contributed by atoms with Crippen LogP contribution in [0.2, 0.25) is 0 Å². The Labute approximate surface area is 121 Å². The number of carbonyl (C=O) groups is 1. The Hall–Kier alpha value is -2.21. The molecule has 3 atom stereocenters. The molecule has 0 fully saturated rings. The van der Waals surface area contributed by atoms with Crippen molar-refractivity contribution in [3.63, 3.8) is 0 Å². The van der Waals surface area contributed by atoms with Crippen molar-refractivity contribution in [3.8, 4) is 17.2 Å². The largest absolute Gasteiger partial charge is 0.493 e. The van der Waals surface area contributed by atoms with E-state index in [0.29, 0.717) is 29.2 Å². The highest BCUT2D eigenvalue weighted by atomic mass is 16.7. The fraction of sp³-hybridized carbons (Fsp3) is 0.400. The average molecular weight is 292 g/mol. The maximum Gasteiger partial charge on any atom is 0.307 e. The number of hydrogen-bond acceptors (Lipinski definition) is 5. The zero-order valence-corrected chi connectivity index (χ0v) is 11.5. The summed E-state index contributed by atoms with van der Waals surface area (Å²) in [5.41, 5.74) is 0.667. The van der Waals surface area contributed by atoms with Crippen molar-refractivity contribution in [3.05, 3.63) is 29.8 Å². The van der Waals surface area contributed by atoms with Crippen molar-refractivity contribution in [1.82, 2.24) is 0 Å². The molecule has 2 N–H and O–H groups in total. The van der Waals surface area contributed by atoms with E-state index in [0.717, 1.165) is 0 Å². The first-order valence-corrected chi connectivity index (χ1v) is 6.67. The Morgan fingerprint density at radius 2 is 2.19 bits per heavy atom. The van der Waals surface area contributed by atoms with Gasteiger partial charge in [-0.05, 0) is 24.1 Å². The third kappa shape index (κ3) is 2.31. The quantitative estimate of drug-likeness (QED) is 0.822. The summed E-state index contributed by atoms with van der Waals surface area (Å²) in [6.45, 7) is 0.102. The molecule has 1 aromatic rings. The lowest BCUT2D eigenvalue weighted by atomic mass is 9.76. The zero-order chi connectivity index (χ0) is 15.0. The molecule has 0 spiro atoms. The lowest BCUT2D eigenvalue weighted by Crippen LogP contribution is -2.32. The van der Waals surface area contributed by atoms with Gasteiger partial charge in [0.2, 0.25) is 12.5 Å². The fourth-order valence-corrected chi connectivity index (χ4v) is 2.90. The van der Waals surface area contributed by atoms with Gasteiger partial charge in [0.15, 0.2) is 11.5 Å². The summed E-state index contributed by atoms with van der Waals surface area (Å²) < 4.78 is 15.9. The lowest BCUT2D eigenvalue weighted by molar-refractivity contribution is -0.143. The Morgan fingerprint density at radius 1 is 1.38 bits per heavy atom. The first kappa shape index (κ1) is 13.8. The van der Waals surface area contributed by atoms with Crippen LogP contribution < -0.4 is 14.2 Å². The molecule has 0 bridgehead atoms. The Bertz CT molecular complexity index is 594. The van der Waals surface area contributed by atoms with Crippen LogP contribution >= 0.6 is 0 Å². The van der Waals surface area contributed by atoms with Crippen LogP contribution in [0.5, 0.6) is 17.2 Å². The highest BCUT2D eigenvalue weighted by Crippen LogP contribution is 2.46. The van der Waals surface area contributed by atoms with Gasteiger partial charge in [0, 0.05) is 5.92 Å². The number of fused-ring (bicyclic) bond motifs is 1. The summed E-state index contributed by atoms with van der Waals surface area (Å²) in [6, 6.07) is 3.42. The van der Waals surface area contributed by atoms with Crippen molar-refractivity contribution in [2.24, 2.45) is 5.92 Å². The van der Waals surface area contributed by atoms with Crippen LogP contribution in [-0.4, -0.2) is 36.2 Å². The Kier molecular flexibility index (Phi) is 3.47. The molecule has 6 heteroatoms.